The average Bonchev–Trinajstić information content (AvgIpc) is 2.66. The fourth-order valence-corrected chi connectivity index (χ4v) is 2.78. The molecule has 0 unspecified atom stereocenters. The predicted molar refractivity (Wildman–Crippen MR) is 96.8 cm³/mol. The van der Waals surface area contributed by atoms with Crippen LogP contribution in [0.5, 0.6) is 11.5 Å². The van der Waals surface area contributed by atoms with Crippen LogP contribution in [0.25, 0.3) is 0 Å². The second kappa shape index (κ2) is 9.77. The van der Waals surface area contributed by atoms with Gasteiger partial charge in [-0.3, -0.25) is 4.79 Å². The summed E-state index contributed by atoms with van der Waals surface area (Å²) in [5.41, 5.74) is 0.393. The molecule has 9 heteroatoms. The van der Waals surface area contributed by atoms with E-state index in [9.17, 15) is 18.4 Å². The number of hydrogen-bond donors (Lipinski definition) is 1. The molecule has 144 valence electrons. The van der Waals surface area contributed by atoms with E-state index in [4.69, 9.17) is 14.2 Å². The Morgan fingerprint density at radius 1 is 1.07 bits per heavy atom. The maximum Gasteiger partial charge on any atom is 0.339 e. The van der Waals surface area contributed by atoms with Gasteiger partial charge in [-0.25, -0.2) is 4.79 Å². The van der Waals surface area contributed by atoms with Gasteiger partial charge in [0.1, 0.15) is 0 Å². The number of thioether (sulfide) groups is 1. The zero-order chi connectivity index (χ0) is 19.8. The van der Waals surface area contributed by atoms with Gasteiger partial charge in [-0.15, -0.1) is 0 Å². The van der Waals surface area contributed by atoms with Gasteiger partial charge in [0.2, 0.25) is 0 Å². The van der Waals surface area contributed by atoms with Crippen LogP contribution in [-0.4, -0.2) is 38.5 Å². The molecule has 6 nitrogen and oxygen atoms in total. The quantitative estimate of drug-likeness (QED) is 0.539. The minimum absolute atomic E-state index is 0.0262. The van der Waals surface area contributed by atoms with Crippen LogP contribution in [0.4, 0.5) is 14.5 Å². The third-order valence-corrected chi connectivity index (χ3v) is 4.11. The highest BCUT2D eigenvalue weighted by molar-refractivity contribution is 7.99. The smallest absolute Gasteiger partial charge is 0.339 e. The summed E-state index contributed by atoms with van der Waals surface area (Å²) in [7, 11) is 2.94. The van der Waals surface area contributed by atoms with E-state index in [1.807, 2.05) is 0 Å². The fourth-order valence-electron chi connectivity index (χ4n) is 2.15. The van der Waals surface area contributed by atoms with Gasteiger partial charge >= 0.3 is 5.97 Å². The number of ether oxygens (including phenoxy) is 3. The van der Waals surface area contributed by atoms with Crippen molar-refractivity contribution >= 4 is 29.3 Å². The molecular weight excluding hydrogens is 380 g/mol. The van der Waals surface area contributed by atoms with E-state index in [0.29, 0.717) is 17.2 Å². The maximum absolute atomic E-state index is 12.6. The van der Waals surface area contributed by atoms with Crippen molar-refractivity contribution in [2.75, 3.05) is 26.1 Å². The van der Waals surface area contributed by atoms with Crippen molar-refractivity contribution in [2.45, 2.75) is 10.7 Å². The molecule has 0 fully saturated rings. The zero-order valence-electron chi connectivity index (χ0n) is 14.5. The molecule has 2 rings (SSSR count). The zero-order valence-corrected chi connectivity index (χ0v) is 15.3. The number of esters is 1. The number of carbonyl (C=O) groups is 2. The number of carbonyl (C=O) groups excluding carboxylic acids is 2. The normalized spacial score (nSPS) is 10.4. The molecule has 1 amide bonds. The van der Waals surface area contributed by atoms with Gasteiger partial charge in [0.15, 0.2) is 18.1 Å². The summed E-state index contributed by atoms with van der Waals surface area (Å²) in [5, 5.41) is 2.54. The van der Waals surface area contributed by atoms with Crippen LogP contribution in [0.1, 0.15) is 10.4 Å². The van der Waals surface area contributed by atoms with Crippen molar-refractivity contribution in [2.24, 2.45) is 0 Å². The van der Waals surface area contributed by atoms with Crippen molar-refractivity contribution in [3.63, 3.8) is 0 Å². The standard InChI is InChI=1S/C18H17F2NO5S/c1-24-13-8-7-11(9-14(13)25-2)21-16(22)10-26-17(23)12-5-3-4-6-15(12)27-18(19)20/h3-9,18H,10H2,1-2H3,(H,21,22). The van der Waals surface area contributed by atoms with E-state index in [2.05, 4.69) is 5.32 Å². The number of benzene rings is 2. The molecule has 0 bridgehead atoms. The van der Waals surface area contributed by atoms with Gasteiger partial charge in [-0.05, 0) is 24.3 Å². The first kappa shape index (κ1) is 20.5. The van der Waals surface area contributed by atoms with E-state index in [-0.39, 0.29) is 22.2 Å². The van der Waals surface area contributed by atoms with Crippen molar-refractivity contribution in [1.82, 2.24) is 0 Å². The van der Waals surface area contributed by atoms with Crippen LogP contribution in [0.3, 0.4) is 0 Å². The predicted octanol–water partition coefficient (Wildman–Crippen LogP) is 3.81. The summed E-state index contributed by atoms with van der Waals surface area (Å²) < 4.78 is 40.3. The molecule has 0 radical (unpaired) electrons. The Kier molecular flexibility index (Phi) is 7.42. The van der Waals surface area contributed by atoms with Gasteiger partial charge in [0.25, 0.3) is 11.7 Å². The molecule has 0 aliphatic carbocycles. The van der Waals surface area contributed by atoms with Crippen LogP contribution in [0, 0.1) is 0 Å². The number of nitrogens with one attached hydrogen (secondary N) is 1. The lowest BCUT2D eigenvalue weighted by atomic mass is 10.2. The summed E-state index contributed by atoms with van der Waals surface area (Å²) in [6, 6.07) is 10.6. The molecule has 0 aromatic heterocycles. The van der Waals surface area contributed by atoms with Gasteiger partial charge in [-0.1, -0.05) is 23.9 Å². The van der Waals surface area contributed by atoms with Crippen molar-refractivity contribution in [3.8, 4) is 11.5 Å². The van der Waals surface area contributed by atoms with E-state index in [1.54, 1.807) is 18.2 Å². The summed E-state index contributed by atoms with van der Waals surface area (Å²) >= 11 is 0.237. The Morgan fingerprint density at radius 3 is 2.44 bits per heavy atom. The third-order valence-electron chi connectivity index (χ3n) is 3.32. The molecule has 0 heterocycles. The number of methoxy groups -OCH3 is 2. The summed E-state index contributed by atoms with van der Waals surface area (Å²) in [5.74, 6) is -3.21. The first-order valence-corrected chi connectivity index (χ1v) is 8.55. The van der Waals surface area contributed by atoms with Crippen LogP contribution < -0.4 is 14.8 Å². The number of anilines is 1. The lowest BCUT2D eigenvalue weighted by Gasteiger charge is -2.11. The van der Waals surface area contributed by atoms with Gasteiger partial charge in [0.05, 0.1) is 19.8 Å². The second-order valence-electron chi connectivity index (χ2n) is 5.07. The number of hydrogen-bond acceptors (Lipinski definition) is 6. The summed E-state index contributed by atoms with van der Waals surface area (Å²) in [6.45, 7) is -0.569. The molecule has 1 N–H and O–H groups in total. The lowest BCUT2D eigenvalue weighted by molar-refractivity contribution is -0.119. The Balaban J connectivity index is 1.97. The van der Waals surface area contributed by atoms with Crippen molar-refractivity contribution < 1.29 is 32.6 Å². The minimum atomic E-state index is -2.67. The Hall–Kier alpha value is -2.81. The first-order chi connectivity index (χ1) is 12.9. The molecule has 0 aliphatic heterocycles. The van der Waals surface area contributed by atoms with Gasteiger partial charge in [-0.2, -0.15) is 8.78 Å². The Labute approximate surface area is 158 Å². The number of rotatable bonds is 8. The van der Waals surface area contributed by atoms with Crippen LogP contribution >= 0.6 is 11.8 Å². The van der Waals surface area contributed by atoms with Crippen molar-refractivity contribution in [3.05, 3.63) is 48.0 Å². The Bertz CT molecular complexity index is 816. The lowest BCUT2D eigenvalue weighted by Crippen LogP contribution is -2.21. The van der Waals surface area contributed by atoms with Crippen LogP contribution in [-0.2, 0) is 9.53 Å². The average molecular weight is 397 g/mol. The highest BCUT2D eigenvalue weighted by Crippen LogP contribution is 2.30. The molecule has 2 aromatic rings. The maximum atomic E-state index is 12.6. The third kappa shape index (κ3) is 5.85. The fraction of sp³-hybridized carbons (Fsp3) is 0.222. The van der Waals surface area contributed by atoms with Crippen molar-refractivity contribution in [1.29, 1.82) is 0 Å². The molecule has 2 aromatic carbocycles. The molecule has 0 atom stereocenters. The minimum Gasteiger partial charge on any atom is -0.493 e. The van der Waals surface area contributed by atoms with Gasteiger partial charge < -0.3 is 19.5 Å². The molecule has 0 spiro atoms. The monoisotopic (exact) mass is 397 g/mol. The van der Waals surface area contributed by atoms with Crippen LogP contribution in [0.15, 0.2) is 47.4 Å². The summed E-state index contributed by atoms with van der Waals surface area (Å²) in [4.78, 5) is 24.2. The van der Waals surface area contributed by atoms with Gasteiger partial charge in [0, 0.05) is 16.6 Å². The second-order valence-corrected chi connectivity index (χ2v) is 6.10. The number of halogens is 2. The SMILES string of the molecule is COc1ccc(NC(=O)COC(=O)c2ccccc2SC(F)F)cc1OC. The molecule has 0 aliphatic rings. The summed E-state index contributed by atoms with van der Waals surface area (Å²) in [6.07, 6.45) is 0. The highest BCUT2D eigenvalue weighted by Gasteiger charge is 2.17. The molecule has 0 saturated carbocycles. The van der Waals surface area contributed by atoms with E-state index < -0.39 is 24.2 Å². The molecule has 27 heavy (non-hydrogen) atoms. The largest absolute Gasteiger partial charge is 0.493 e. The number of amides is 1. The van der Waals surface area contributed by atoms with E-state index >= 15 is 0 Å². The topological polar surface area (TPSA) is 73.9 Å². The van der Waals surface area contributed by atoms with Crippen LogP contribution in [0.2, 0.25) is 0 Å². The highest BCUT2D eigenvalue weighted by atomic mass is 32.2. The molecule has 0 saturated heterocycles. The molecular formula is C18H17F2NO5S. The van der Waals surface area contributed by atoms with E-state index in [1.165, 1.54) is 38.5 Å². The first-order valence-electron chi connectivity index (χ1n) is 7.67. The van der Waals surface area contributed by atoms with E-state index in [0.717, 1.165) is 0 Å². The Morgan fingerprint density at radius 2 is 1.78 bits per heavy atom. The number of alkyl halides is 2.